The Morgan fingerprint density at radius 1 is 1.18 bits per heavy atom. The first kappa shape index (κ1) is 14.3. The van der Waals surface area contributed by atoms with Gasteiger partial charge in [0.05, 0.1) is 17.2 Å². The Morgan fingerprint density at radius 3 is 2.73 bits per heavy atom. The van der Waals surface area contributed by atoms with Crippen LogP contribution in [0.5, 0.6) is 0 Å². The van der Waals surface area contributed by atoms with Crippen LogP contribution in [0.25, 0.3) is 10.9 Å². The summed E-state index contributed by atoms with van der Waals surface area (Å²) in [6.07, 6.45) is 1.36. The molecule has 1 amide bonds. The summed E-state index contributed by atoms with van der Waals surface area (Å²) in [4.78, 5) is 28.5. The average Bonchev–Trinajstić information content (AvgIpc) is 2.51. The molecule has 0 bridgehead atoms. The molecule has 0 radical (unpaired) electrons. The second-order valence-corrected chi connectivity index (χ2v) is 5.19. The largest absolute Gasteiger partial charge is 0.325 e. The van der Waals surface area contributed by atoms with Crippen molar-refractivity contribution in [2.24, 2.45) is 0 Å². The third-order valence-corrected chi connectivity index (χ3v) is 3.39. The summed E-state index contributed by atoms with van der Waals surface area (Å²) in [5.74, 6) is -0.295. The minimum atomic E-state index is -0.296. The van der Waals surface area contributed by atoms with Crippen molar-refractivity contribution in [3.63, 3.8) is 0 Å². The van der Waals surface area contributed by atoms with E-state index in [0.29, 0.717) is 21.6 Å². The number of rotatable bonds is 3. The molecule has 0 aliphatic rings. The van der Waals surface area contributed by atoms with Gasteiger partial charge >= 0.3 is 0 Å². The quantitative estimate of drug-likeness (QED) is 0.808. The lowest BCUT2D eigenvalue weighted by atomic mass is 10.2. The van der Waals surface area contributed by atoms with E-state index in [9.17, 15) is 9.59 Å². The van der Waals surface area contributed by atoms with Gasteiger partial charge in [0.2, 0.25) is 5.91 Å². The molecule has 1 N–H and O–H groups in total. The number of fused-ring (bicyclic) bond motifs is 1. The number of aromatic nitrogens is 2. The van der Waals surface area contributed by atoms with Gasteiger partial charge in [-0.2, -0.15) is 0 Å². The summed E-state index contributed by atoms with van der Waals surface area (Å²) >= 11 is 5.90. The van der Waals surface area contributed by atoms with Crippen LogP contribution in [0.2, 0.25) is 5.02 Å². The molecule has 0 aliphatic carbocycles. The molecule has 22 heavy (non-hydrogen) atoms. The highest BCUT2D eigenvalue weighted by Crippen LogP contribution is 2.14. The van der Waals surface area contributed by atoms with Crippen molar-refractivity contribution in [3.05, 3.63) is 70.2 Å². The molecule has 1 aromatic heterocycles. The molecule has 5 nitrogen and oxygen atoms in total. The first-order chi connectivity index (χ1) is 10.6. The molecule has 0 saturated heterocycles. The molecule has 3 aromatic rings. The molecule has 0 unspecified atom stereocenters. The molecule has 0 saturated carbocycles. The van der Waals surface area contributed by atoms with Gasteiger partial charge in [-0.1, -0.05) is 29.8 Å². The van der Waals surface area contributed by atoms with Crippen molar-refractivity contribution in [2.75, 3.05) is 5.32 Å². The van der Waals surface area contributed by atoms with E-state index in [1.165, 1.54) is 10.9 Å². The van der Waals surface area contributed by atoms with Crippen LogP contribution in [0.1, 0.15) is 0 Å². The van der Waals surface area contributed by atoms with Gasteiger partial charge in [-0.15, -0.1) is 0 Å². The molecule has 2 aromatic carbocycles. The van der Waals surface area contributed by atoms with Crippen molar-refractivity contribution in [3.8, 4) is 0 Å². The van der Waals surface area contributed by atoms with Gasteiger partial charge in [-0.25, -0.2) is 4.98 Å². The number of carbonyl (C=O) groups is 1. The van der Waals surface area contributed by atoms with Gasteiger partial charge in [0, 0.05) is 10.7 Å². The highest BCUT2D eigenvalue weighted by atomic mass is 35.5. The monoisotopic (exact) mass is 313 g/mol. The first-order valence-electron chi connectivity index (χ1n) is 6.63. The fourth-order valence-corrected chi connectivity index (χ4v) is 2.29. The minimum absolute atomic E-state index is 0.108. The zero-order valence-corrected chi connectivity index (χ0v) is 12.2. The van der Waals surface area contributed by atoms with E-state index < -0.39 is 0 Å². The molecule has 0 fully saturated rings. The normalized spacial score (nSPS) is 10.6. The fourth-order valence-electron chi connectivity index (χ4n) is 2.12. The molecular weight excluding hydrogens is 302 g/mol. The first-order valence-corrected chi connectivity index (χ1v) is 7.01. The van der Waals surface area contributed by atoms with Gasteiger partial charge in [-0.05, 0) is 30.3 Å². The summed E-state index contributed by atoms with van der Waals surface area (Å²) in [6.45, 7) is -0.108. The van der Waals surface area contributed by atoms with Crippen molar-refractivity contribution >= 4 is 34.1 Å². The van der Waals surface area contributed by atoms with Gasteiger partial charge in [0.15, 0.2) is 0 Å². The van der Waals surface area contributed by atoms with E-state index in [0.717, 1.165) is 0 Å². The summed E-state index contributed by atoms with van der Waals surface area (Å²) < 4.78 is 1.26. The van der Waals surface area contributed by atoms with E-state index in [1.807, 2.05) is 18.2 Å². The third-order valence-electron chi connectivity index (χ3n) is 3.16. The SMILES string of the molecule is O=C(Cn1cnc2ccc(Cl)cc2c1=O)Nc1ccccc1. The van der Waals surface area contributed by atoms with E-state index in [-0.39, 0.29) is 18.0 Å². The van der Waals surface area contributed by atoms with Crippen LogP contribution >= 0.6 is 11.6 Å². The number of amides is 1. The van der Waals surface area contributed by atoms with Crippen molar-refractivity contribution in [1.82, 2.24) is 9.55 Å². The zero-order chi connectivity index (χ0) is 15.5. The highest BCUT2D eigenvalue weighted by molar-refractivity contribution is 6.31. The Bertz CT molecular complexity index is 891. The summed E-state index contributed by atoms with van der Waals surface area (Å²) in [5.41, 5.74) is 0.933. The second-order valence-electron chi connectivity index (χ2n) is 4.75. The highest BCUT2D eigenvalue weighted by Gasteiger charge is 2.08. The predicted molar refractivity (Wildman–Crippen MR) is 86.1 cm³/mol. The summed E-state index contributed by atoms with van der Waals surface area (Å²) in [5, 5.41) is 3.57. The van der Waals surface area contributed by atoms with Crippen molar-refractivity contribution in [2.45, 2.75) is 6.54 Å². The number of hydrogen-bond donors (Lipinski definition) is 1. The minimum Gasteiger partial charge on any atom is -0.325 e. The number of nitrogens with one attached hydrogen (secondary N) is 1. The van der Waals surface area contributed by atoms with E-state index >= 15 is 0 Å². The number of para-hydroxylation sites is 1. The van der Waals surface area contributed by atoms with Crippen LogP contribution in [-0.4, -0.2) is 15.5 Å². The number of anilines is 1. The Hall–Kier alpha value is -2.66. The van der Waals surface area contributed by atoms with Crippen molar-refractivity contribution < 1.29 is 4.79 Å². The van der Waals surface area contributed by atoms with E-state index in [2.05, 4.69) is 10.3 Å². The maximum atomic E-state index is 12.4. The molecule has 6 heteroatoms. The Balaban J connectivity index is 1.86. The zero-order valence-electron chi connectivity index (χ0n) is 11.5. The maximum Gasteiger partial charge on any atom is 0.261 e. The van der Waals surface area contributed by atoms with Gasteiger partial charge < -0.3 is 5.32 Å². The van der Waals surface area contributed by atoms with Crippen LogP contribution in [0.15, 0.2) is 59.7 Å². The third kappa shape index (κ3) is 2.99. The van der Waals surface area contributed by atoms with Crippen LogP contribution in [-0.2, 0) is 11.3 Å². The smallest absolute Gasteiger partial charge is 0.261 e. The van der Waals surface area contributed by atoms with Gasteiger partial charge in [0.1, 0.15) is 6.54 Å². The summed E-state index contributed by atoms with van der Waals surface area (Å²) in [6, 6.07) is 14.0. The molecule has 0 atom stereocenters. The van der Waals surface area contributed by atoms with Crippen molar-refractivity contribution in [1.29, 1.82) is 0 Å². The molecular formula is C16H12ClN3O2. The Labute approximate surface area is 131 Å². The lowest BCUT2D eigenvalue weighted by molar-refractivity contribution is -0.116. The van der Waals surface area contributed by atoms with Crippen LogP contribution in [0.4, 0.5) is 5.69 Å². The summed E-state index contributed by atoms with van der Waals surface area (Å²) in [7, 11) is 0. The standard InChI is InChI=1S/C16H12ClN3O2/c17-11-6-7-14-13(8-11)16(22)20(10-18-14)9-15(21)19-12-4-2-1-3-5-12/h1-8,10H,9H2,(H,19,21). The topological polar surface area (TPSA) is 64.0 Å². The molecule has 0 aliphatic heterocycles. The van der Waals surface area contributed by atoms with Gasteiger partial charge in [-0.3, -0.25) is 14.2 Å². The Morgan fingerprint density at radius 2 is 1.95 bits per heavy atom. The lowest BCUT2D eigenvalue weighted by Gasteiger charge is -2.08. The average molecular weight is 314 g/mol. The lowest BCUT2D eigenvalue weighted by Crippen LogP contribution is -2.27. The number of nitrogens with zero attached hydrogens (tertiary/aromatic N) is 2. The van der Waals surface area contributed by atoms with Crippen LogP contribution in [0, 0.1) is 0 Å². The number of halogens is 1. The van der Waals surface area contributed by atoms with E-state index in [1.54, 1.807) is 30.3 Å². The number of benzene rings is 2. The number of hydrogen-bond acceptors (Lipinski definition) is 3. The molecule has 110 valence electrons. The molecule has 1 heterocycles. The predicted octanol–water partition coefficient (Wildman–Crippen LogP) is 2.69. The molecule has 0 spiro atoms. The Kier molecular flexibility index (Phi) is 3.89. The maximum absolute atomic E-state index is 12.4. The van der Waals surface area contributed by atoms with Gasteiger partial charge in [0.25, 0.3) is 5.56 Å². The van der Waals surface area contributed by atoms with E-state index in [4.69, 9.17) is 11.6 Å². The fraction of sp³-hybridized carbons (Fsp3) is 0.0625. The molecule has 3 rings (SSSR count). The van der Waals surface area contributed by atoms with Crippen LogP contribution in [0.3, 0.4) is 0 Å². The number of carbonyl (C=O) groups excluding carboxylic acids is 1. The van der Waals surface area contributed by atoms with Crippen LogP contribution < -0.4 is 10.9 Å². The second kappa shape index (κ2) is 5.99.